The van der Waals surface area contributed by atoms with E-state index in [1.165, 1.54) is 24.8 Å². The van der Waals surface area contributed by atoms with E-state index in [0.717, 1.165) is 54.3 Å². The summed E-state index contributed by atoms with van der Waals surface area (Å²) in [6.07, 6.45) is 5.83. The quantitative estimate of drug-likeness (QED) is 0.744. The van der Waals surface area contributed by atoms with Gasteiger partial charge in [0.25, 0.3) is 0 Å². The van der Waals surface area contributed by atoms with Gasteiger partial charge in [0.1, 0.15) is 11.3 Å². The van der Waals surface area contributed by atoms with Gasteiger partial charge in [-0.1, -0.05) is 37.3 Å². The van der Waals surface area contributed by atoms with Crippen LogP contribution in [0.1, 0.15) is 38.4 Å². The van der Waals surface area contributed by atoms with E-state index in [2.05, 4.69) is 47.1 Å². The molecule has 1 aromatic carbocycles. The minimum Gasteiger partial charge on any atom is -0.412 e. The second-order valence-electron chi connectivity index (χ2n) is 6.57. The molecular formula is C20H27ClN4O. The molecule has 0 saturated carbocycles. The monoisotopic (exact) mass is 374 g/mol. The van der Waals surface area contributed by atoms with E-state index in [-0.39, 0.29) is 17.9 Å². The Hall–Kier alpha value is -2.11. The molecule has 5 nitrogen and oxygen atoms in total. The first-order chi connectivity index (χ1) is 11.8. The summed E-state index contributed by atoms with van der Waals surface area (Å²) in [5.41, 5.74) is 4.42. The Bertz CT molecular complexity index is 828. The molecule has 0 spiro atoms. The Kier molecular flexibility index (Phi) is 7.00. The van der Waals surface area contributed by atoms with Gasteiger partial charge >= 0.3 is 0 Å². The molecule has 0 bridgehead atoms. The first-order valence-electron chi connectivity index (χ1n) is 9.05. The highest BCUT2D eigenvalue weighted by molar-refractivity contribution is 5.90. The Labute approximate surface area is 160 Å². The molecule has 140 valence electrons. The summed E-state index contributed by atoms with van der Waals surface area (Å²) in [5, 5.41) is 0. The predicted molar refractivity (Wildman–Crippen MR) is 110 cm³/mol. The second-order valence-corrected chi connectivity index (χ2v) is 6.57. The van der Waals surface area contributed by atoms with Crippen molar-refractivity contribution in [1.82, 2.24) is 15.0 Å². The Morgan fingerprint density at radius 1 is 1.04 bits per heavy atom. The number of aryl methyl sites for hydroxylation is 1. The summed E-state index contributed by atoms with van der Waals surface area (Å²) in [4.78, 5) is 15.7. The van der Waals surface area contributed by atoms with E-state index in [1.807, 2.05) is 6.07 Å². The molecule has 26 heavy (non-hydrogen) atoms. The van der Waals surface area contributed by atoms with Crippen LogP contribution in [0.5, 0.6) is 0 Å². The number of nitrogens with one attached hydrogen (secondary N) is 1. The molecule has 0 amide bonds. The molecule has 1 aliphatic heterocycles. The normalized spacial score (nSPS) is 14.0. The van der Waals surface area contributed by atoms with Gasteiger partial charge in [-0.05, 0) is 37.3 Å². The highest BCUT2D eigenvalue weighted by atomic mass is 35.5. The smallest absolute Gasteiger partial charge is 0.156 e. The number of nitrogens with zero attached hydrogens (tertiary/aromatic N) is 3. The number of piperidine rings is 1. The van der Waals surface area contributed by atoms with Gasteiger partial charge in [0.05, 0.1) is 5.52 Å². The van der Waals surface area contributed by atoms with Crippen molar-refractivity contribution in [3.63, 3.8) is 0 Å². The molecule has 1 fully saturated rings. The third kappa shape index (κ3) is 4.00. The number of benzene rings is 1. The number of rotatable bonds is 4. The number of fused-ring (bicyclic) bond motifs is 1. The van der Waals surface area contributed by atoms with Crippen molar-refractivity contribution in [2.24, 2.45) is 0 Å². The van der Waals surface area contributed by atoms with Gasteiger partial charge in [-0.3, -0.25) is 0 Å². The lowest BCUT2D eigenvalue weighted by Gasteiger charge is -2.28. The van der Waals surface area contributed by atoms with Gasteiger partial charge in [0.15, 0.2) is 5.82 Å². The van der Waals surface area contributed by atoms with Crippen LogP contribution in [0.2, 0.25) is 0 Å². The van der Waals surface area contributed by atoms with E-state index in [4.69, 9.17) is 9.97 Å². The highest BCUT2D eigenvalue weighted by Gasteiger charge is 2.19. The topological polar surface area (TPSA) is 76.3 Å². The van der Waals surface area contributed by atoms with E-state index in [9.17, 15) is 0 Å². The lowest BCUT2D eigenvalue weighted by atomic mass is 10.1. The van der Waals surface area contributed by atoms with Gasteiger partial charge in [-0.15, -0.1) is 12.4 Å². The number of halogens is 1. The van der Waals surface area contributed by atoms with Crippen LogP contribution < -0.4 is 4.90 Å². The fraction of sp³-hybridized carbons (Fsp3) is 0.400. The molecule has 0 atom stereocenters. The first-order valence-corrected chi connectivity index (χ1v) is 9.05. The Morgan fingerprint density at radius 2 is 1.77 bits per heavy atom. The summed E-state index contributed by atoms with van der Waals surface area (Å²) in [5.74, 6) is 2.05. The molecule has 0 radical (unpaired) electrons. The molecule has 1 aliphatic rings. The predicted octanol–water partition coefficient (Wildman–Crippen LogP) is 4.16. The van der Waals surface area contributed by atoms with Crippen LogP contribution >= 0.6 is 12.4 Å². The van der Waals surface area contributed by atoms with Crippen molar-refractivity contribution in [1.29, 1.82) is 0 Å². The highest BCUT2D eigenvalue weighted by Crippen LogP contribution is 2.30. The van der Waals surface area contributed by atoms with Crippen LogP contribution in [-0.2, 0) is 6.42 Å². The van der Waals surface area contributed by atoms with Crippen molar-refractivity contribution in [3.05, 3.63) is 42.2 Å². The number of H-pyrrole nitrogens is 1. The van der Waals surface area contributed by atoms with Crippen molar-refractivity contribution in [3.8, 4) is 11.3 Å². The molecule has 3 aromatic rings. The summed E-state index contributed by atoms with van der Waals surface area (Å²) >= 11 is 0. The van der Waals surface area contributed by atoms with Crippen LogP contribution in [0.25, 0.3) is 22.3 Å². The maximum Gasteiger partial charge on any atom is 0.156 e. The maximum absolute atomic E-state index is 4.90. The lowest BCUT2D eigenvalue weighted by molar-refractivity contribution is 0.573. The maximum atomic E-state index is 4.90. The molecule has 1 saturated heterocycles. The van der Waals surface area contributed by atoms with Crippen molar-refractivity contribution in [2.75, 3.05) is 18.0 Å². The van der Waals surface area contributed by atoms with Crippen molar-refractivity contribution >= 4 is 29.3 Å². The molecule has 3 heterocycles. The zero-order valence-corrected chi connectivity index (χ0v) is 16.0. The minimum absolute atomic E-state index is 0. The van der Waals surface area contributed by atoms with Crippen LogP contribution in [-0.4, -0.2) is 33.5 Å². The third-order valence-corrected chi connectivity index (χ3v) is 4.72. The largest absolute Gasteiger partial charge is 0.412 e. The molecule has 0 unspecified atom stereocenters. The Balaban J connectivity index is 0.00000121. The second kappa shape index (κ2) is 9.01. The molecular weight excluding hydrogens is 348 g/mol. The van der Waals surface area contributed by atoms with Crippen molar-refractivity contribution < 1.29 is 5.48 Å². The molecule has 0 aliphatic carbocycles. The first kappa shape index (κ1) is 20.2. The molecule has 2 aromatic heterocycles. The summed E-state index contributed by atoms with van der Waals surface area (Å²) in [6.45, 7) is 4.37. The summed E-state index contributed by atoms with van der Waals surface area (Å²) < 4.78 is 0. The van der Waals surface area contributed by atoms with Gasteiger partial charge in [0, 0.05) is 25.2 Å². The molecule has 6 heteroatoms. The van der Waals surface area contributed by atoms with Crippen LogP contribution in [0.3, 0.4) is 0 Å². The lowest BCUT2D eigenvalue weighted by Crippen LogP contribution is -2.30. The van der Waals surface area contributed by atoms with Gasteiger partial charge < -0.3 is 15.4 Å². The number of aromatic amines is 1. The fourth-order valence-electron chi connectivity index (χ4n) is 3.49. The van der Waals surface area contributed by atoms with E-state index >= 15 is 0 Å². The SMILES string of the molecule is CCCc1nc(N2CCCCC2)c2[nH]c(-c3ccccc3)cc2n1.Cl.O. The Morgan fingerprint density at radius 3 is 2.46 bits per heavy atom. The number of anilines is 1. The molecule has 4 rings (SSSR count). The summed E-state index contributed by atoms with van der Waals surface area (Å²) in [7, 11) is 0. The number of hydrogen-bond donors (Lipinski definition) is 1. The number of aromatic nitrogens is 3. The van der Waals surface area contributed by atoms with E-state index < -0.39 is 0 Å². The van der Waals surface area contributed by atoms with E-state index in [1.54, 1.807) is 0 Å². The van der Waals surface area contributed by atoms with Gasteiger partial charge in [-0.25, -0.2) is 9.97 Å². The average Bonchev–Trinajstić information content (AvgIpc) is 3.07. The third-order valence-electron chi connectivity index (χ3n) is 4.72. The average molecular weight is 375 g/mol. The zero-order chi connectivity index (χ0) is 16.4. The van der Waals surface area contributed by atoms with Crippen molar-refractivity contribution in [2.45, 2.75) is 39.0 Å². The van der Waals surface area contributed by atoms with Gasteiger partial charge in [0.2, 0.25) is 0 Å². The van der Waals surface area contributed by atoms with Crippen LogP contribution in [0.15, 0.2) is 36.4 Å². The zero-order valence-electron chi connectivity index (χ0n) is 15.2. The fourth-order valence-corrected chi connectivity index (χ4v) is 3.49. The van der Waals surface area contributed by atoms with Crippen LogP contribution in [0, 0.1) is 0 Å². The minimum atomic E-state index is 0. The summed E-state index contributed by atoms with van der Waals surface area (Å²) in [6, 6.07) is 12.6. The van der Waals surface area contributed by atoms with E-state index in [0.29, 0.717) is 0 Å². The standard InChI is InChI=1S/C20H24N4.ClH.H2O/c1-2-9-18-21-17-14-16(15-10-5-3-6-11-15)22-19(17)20(23-18)24-12-7-4-8-13-24;;/h3,5-6,10-11,14,22H,2,4,7-9,12-13H2,1H3;1H;1H2. The van der Waals surface area contributed by atoms with Gasteiger partial charge in [-0.2, -0.15) is 0 Å². The molecule has 3 N–H and O–H groups in total. The van der Waals surface area contributed by atoms with Crippen LogP contribution in [0.4, 0.5) is 5.82 Å². The number of hydrogen-bond acceptors (Lipinski definition) is 3.